The maximum absolute atomic E-state index is 12.4. The van der Waals surface area contributed by atoms with Crippen LogP contribution in [0.4, 0.5) is 11.8 Å². The van der Waals surface area contributed by atoms with Crippen LogP contribution in [0, 0.1) is 5.92 Å². The normalized spacial score (nSPS) is 36.5. The average Bonchev–Trinajstić information content (AvgIpc) is 3.36. The molecule has 4 aromatic heterocycles. The standard InChI is InChI=1S/C22H25N10O8PS/c23-14-10-15(26-5-25-14)31(6-27-10)18-12-13(34)21(40-18,3-37-12)4-38-41(36,42)22-1-8(22)9(2-33)39-19(22)32-7-28-11-16(32)29-20(24)30-17(11)35/h5-9,12-13,18-19,33-34H,1-4H2,(H,36,42)(H2,23,25,26)(H3,24,29,30,35)/t8-,9?,12+,13-,18+,19+,21+,22-,41?/m0/s1. The van der Waals surface area contributed by atoms with Crippen LogP contribution in [0.2, 0.25) is 0 Å². The maximum Gasteiger partial charge on any atom is 0.280 e. The Morgan fingerprint density at radius 3 is 2.79 bits per heavy atom. The second kappa shape index (κ2) is 8.71. The zero-order valence-electron chi connectivity index (χ0n) is 21.5. The van der Waals surface area contributed by atoms with Gasteiger partial charge in [-0.1, -0.05) is 0 Å². The number of ether oxygens (including phenoxy) is 3. The van der Waals surface area contributed by atoms with Crippen LogP contribution < -0.4 is 17.0 Å². The molecule has 0 radical (unpaired) electrons. The smallest absolute Gasteiger partial charge is 0.280 e. The molecule has 2 bridgehead atoms. The fraction of sp³-hybridized carbons (Fsp3) is 0.545. The number of nitrogen functional groups attached to an aromatic ring is 2. The highest BCUT2D eigenvalue weighted by molar-refractivity contribution is 8.10. The molecular formula is C22H25N10O8PS. The van der Waals surface area contributed by atoms with E-state index in [1.54, 1.807) is 4.57 Å². The summed E-state index contributed by atoms with van der Waals surface area (Å²) in [7, 11) is 0. The summed E-state index contributed by atoms with van der Waals surface area (Å²) in [5.41, 5.74) is 10.8. The number of nitrogens with two attached hydrogens (primary N) is 2. The molecule has 8 N–H and O–H groups in total. The third kappa shape index (κ3) is 3.36. The molecule has 0 spiro atoms. The number of rotatable bonds is 7. The minimum Gasteiger partial charge on any atom is -0.394 e. The van der Waals surface area contributed by atoms with Crippen molar-refractivity contribution >= 4 is 52.4 Å². The first-order valence-corrected chi connectivity index (χ1v) is 15.6. The second-order valence-electron chi connectivity index (χ2n) is 11.0. The molecule has 4 aliphatic rings. The van der Waals surface area contributed by atoms with E-state index in [1.807, 2.05) is 0 Å². The van der Waals surface area contributed by atoms with E-state index in [2.05, 4.69) is 29.9 Å². The molecule has 9 atom stereocenters. The Labute approximate surface area is 239 Å². The summed E-state index contributed by atoms with van der Waals surface area (Å²) in [6.07, 6.45) is 0.202. The zero-order valence-corrected chi connectivity index (χ0v) is 23.3. The topological polar surface area (TPSA) is 257 Å². The monoisotopic (exact) mass is 620 g/mol. The van der Waals surface area contributed by atoms with Crippen LogP contribution >= 0.6 is 6.49 Å². The highest BCUT2D eigenvalue weighted by Gasteiger charge is 2.77. The van der Waals surface area contributed by atoms with Crippen molar-refractivity contribution in [3.63, 3.8) is 0 Å². The number of hydrogen-bond acceptors (Lipinski definition) is 15. The number of aromatic amines is 1. The number of fused-ring (bicyclic) bond motifs is 5. The molecule has 3 saturated heterocycles. The number of aromatic nitrogens is 8. The molecule has 7 heterocycles. The van der Waals surface area contributed by atoms with Crippen molar-refractivity contribution in [1.29, 1.82) is 0 Å². The van der Waals surface area contributed by atoms with E-state index in [0.29, 0.717) is 17.6 Å². The van der Waals surface area contributed by atoms with Crippen molar-refractivity contribution in [2.45, 2.75) is 47.9 Å². The molecule has 42 heavy (non-hydrogen) atoms. The van der Waals surface area contributed by atoms with E-state index in [-0.39, 0.29) is 48.7 Å². The first-order valence-electron chi connectivity index (χ1n) is 13.0. The number of imidazole rings is 2. The van der Waals surface area contributed by atoms with Crippen molar-refractivity contribution in [1.82, 2.24) is 39.0 Å². The molecule has 20 heteroatoms. The SMILES string of the molecule is Nc1nc2c(ncn2[C@@H]2OC(CO)[C@@H]3C[C@]32P(O)(=S)OC[C@@]23CO[C@@H]([C@H](n4cnc5c(N)ncnc54)O2)[C@@H]3O)c(=O)[nH]1. The van der Waals surface area contributed by atoms with E-state index >= 15 is 0 Å². The first-order chi connectivity index (χ1) is 20.1. The number of aliphatic hydroxyl groups is 2. The summed E-state index contributed by atoms with van der Waals surface area (Å²) in [5, 5.41) is 20.1. The molecule has 8 rings (SSSR count). The molecule has 4 aromatic rings. The van der Waals surface area contributed by atoms with Gasteiger partial charge in [-0.2, -0.15) is 4.98 Å². The molecule has 2 unspecified atom stereocenters. The van der Waals surface area contributed by atoms with Crippen molar-refractivity contribution in [2.24, 2.45) is 5.92 Å². The Morgan fingerprint density at radius 2 is 1.98 bits per heavy atom. The quantitative estimate of drug-likeness (QED) is 0.124. The fourth-order valence-corrected chi connectivity index (χ4v) is 9.75. The molecule has 0 aromatic carbocycles. The van der Waals surface area contributed by atoms with Gasteiger partial charge < -0.3 is 45.3 Å². The summed E-state index contributed by atoms with van der Waals surface area (Å²) in [4.78, 5) is 47.4. The van der Waals surface area contributed by atoms with E-state index in [0.717, 1.165) is 0 Å². The van der Waals surface area contributed by atoms with Gasteiger partial charge in [0.2, 0.25) is 5.95 Å². The molecule has 4 fully saturated rings. The number of aliphatic hydroxyl groups excluding tert-OH is 2. The number of nitrogens with zero attached hydrogens (tertiary/aromatic N) is 7. The predicted molar refractivity (Wildman–Crippen MR) is 145 cm³/mol. The van der Waals surface area contributed by atoms with Crippen molar-refractivity contribution in [3.8, 4) is 0 Å². The third-order valence-corrected chi connectivity index (χ3v) is 12.4. The molecule has 222 valence electrons. The lowest BCUT2D eigenvalue weighted by Gasteiger charge is -2.35. The summed E-state index contributed by atoms with van der Waals surface area (Å²) in [6, 6.07) is 0. The van der Waals surface area contributed by atoms with Crippen LogP contribution in [0.1, 0.15) is 18.9 Å². The molecular weight excluding hydrogens is 595 g/mol. The van der Waals surface area contributed by atoms with Crippen LogP contribution in [-0.2, 0) is 30.5 Å². The highest BCUT2D eigenvalue weighted by Crippen LogP contribution is 2.80. The summed E-state index contributed by atoms with van der Waals surface area (Å²) in [6.45, 7) is -4.40. The third-order valence-electron chi connectivity index (χ3n) is 8.77. The predicted octanol–water partition coefficient (Wildman–Crippen LogP) is -1.88. The summed E-state index contributed by atoms with van der Waals surface area (Å²) >= 11 is 5.77. The lowest BCUT2D eigenvalue weighted by atomic mass is 10.0. The molecule has 1 aliphatic carbocycles. The van der Waals surface area contributed by atoms with E-state index in [9.17, 15) is 19.9 Å². The Morgan fingerprint density at radius 1 is 1.19 bits per heavy atom. The van der Waals surface area contributed by atoms with Gasteiger partial charge in [0.25, 0.3) is 5.56 Å². The van der Waals surface area contributed by atoms with Crippen molar-refractivity contribution in [2.75, 3.05) is 31.3 Å². The Bertz CT molecular complexity index is 1870. The maximum atomic E-state index is 12.4. The first kappa shape index (κ1) is 26.5. The fourth-order valence-electron chi connectivity index (χ4n) is 6.58. The number of nitrogens with one attached hydrogen (secondary N) is 1. The van der Waals surface area contributed by atoms with E-state index in [4.69, 9.17) is 42.0 Å². The number of hydrogen-bond donors (Lipinski definition) is 6. The second-order valence-corrected chi connectivity index (χ2v) is 14.6. The summed E-state index contributed by atoms with van der Waals surface area (Å²) in [5.74, 6) is -0.262. The zero-order chi connectivity index (χ0) is 29.2. The molecule has 18 nitrogen and oxygen atoms in total. The van der Waals surface area contributed by atoms with Gasteiger partial charge in [-0.25, -0.2) is 19.9 Å². The van der Waals surface area contributed by atoms with E-state index < -0.39 is 53.6 Å². The van der Waals surface area contributed by atoms with Gasteiger partial charge in [-0.05, 0) is 18.2 Å². The van der Waals surface area contributed by atoms with Crippen LogP contribution in [-0.4, -0.2) is 103 Å². The van der Waals surface area contributed by atoms with Crippen LogP contribution in [0.15, 0.2) is 23.8 Å². The Kier molecular flexibility index (Phi) is 5.50. The van der Waals surface area contributed by atoms with Gasteiger partial charge in [0, 0.05) is 5.92 Å². The number of anilines is 2. The van der Waals surface area contributed by atoms with Crippen LogP contribution in [0.5, 0.6) is 0 Å². The van der Waals surface area contributed by atoms with Gasteiger partial charge in [0.1, 0.15) is 29.7 Å². The Balaban J connectivity index is 1.09. The van der Waals surface area contributed by atoms with Crippen LogP contribution in [0.25, 0.3) is 22.3 Å². The van der Waals surface area contributed by atoms with Gasteiger partial charge in [-0.15, -0.1) is 0 Å². The largest absolute Gasteiger partial charge is 0.394 e. The van der Waals surface area contributed by atoms with Gasteiger partial charge in [0.05, 0.1) is 43.7 Å². The minimum atomic E-state index is -3.77. The van der Waals surface area contributed by atoms with E-state index in [1.165, 1.54) is 23.5 Å². The van der Waals surface area contributed by atoms with Gasteiger partial charge in [0.15, 0.2) is 41.6 Å². The summed E-state index contributed by atoms with van der Waals surface area (Å²) < 4.78 is 27.5. The average molecular weight is 621 g/mol. The van der Waals surface area contributed by atoms with Crippen molar-refractivity contribution in [3.05, 3.63) is 29.3 Å². The lowest BCUT2D eigenvalue weighted by Crippen LogP contribution is -2.45. The number of H-pyrrole nitrogens is 1. The molecule has 3 aliphatic heterocycles. The van der Waals surface area contributed by atoms with Crippen molar-refractivity contribution < 1.29 is 33.8 Å². The molecule has 0 amide bonds. The van der Waals surface area contributed by atoms with Gasteiger partial charge >= 0.3 is 0 Å². The van der Waals surface area contributed by atoms with Crippen LogP contribution in [0.3, 0.4) is 0 Å². The molecule has 1 saturated carbocycles. The Hall–Kier alpha value is -3.13. The highest BCUT2D eigenvalue weighted by atomic mass is 32.5. The van der Waals surface area contributed by atoms with Gasteiger partial charge in [-0.3, -0.25) is 18.9 Å². The lowest BCUT2D eigenvalue weighted by molar-refractivity contribution is -0.182. The minimum absolute atomic E-state index is 0.0117.